The summed E-state index contributed by atoms with van der Waals surface area (Å²) in [7, 11) is -0.399. The molecule has 0 spiro atoms. The van der Waals surface area contributed by atoms with E-state index in [0.717, 1.165) is 37.7 Å². The van der Waals surface area contributed by atoms with Crippen molar-refractivity contribution in [2.45, 2.75) is 67.7 Å². The standard InChI is InChI=1S/2C29H30OP.2C2H4O2/c2*1-22-8-5-11-27(18-22)31(28-12-6-9-23(2)19-28,29-13-7-10-24(3)20-29)21-25-14-16-26(30-4)17-15-25;2*1-2(3)4/h2*5-20H,21H2,1-4H3;2*1H3,(H,3,4)/q2*+1;;/p-2. The normalized spacial score (nSPS) is 10.8. The summed E-state index contributed by atoms with van der Waals surface area (Å²) in [5, 5.41) is 26.4. The zero-order chi connectivity index (χ0) is 50.8. The number of benzene rings is 8. The first-order valence-electron chi connectivity index (χ1n) is 23.3. The van der Waals surface area contributed by atoms with Gasteiger partial charge < -0.3 is 29.3 Å². The Balaban J connectivity index is 0.000000226. The van der Waals surface area contributed by atoms with Gasteiger partial charge in [-0.2, -0.15) is 0 Å². The molecule has 70 heavy (non-hydrogen) atoms. The second-order valence-corrected chi connectivity index (χ2v) is 24.6. The number of carboxylic acids is 2. The Kier molecular flexibility index (Phi) is 19.8. The number of carbonyl (C=O) groups is 2. The Morgan fingerprint density at radius 1 is 0.357 bits per heavy atom. The molecule has 0 saturated heterocycles. The third-order valence-corrected chi connectivity index (χ3v) is 20.4. The van der Waals surface area contributed by atoms with Gasteiger partial charge in [0.1, 0.15) is 57.9 Å². The number of aryl methyl sites for hydroxylation is 6. The number of carboxylic acid groups (broad SMARTS) is 2. The van der Waals surface area contributed by atoms with Crippen LogP contribution in [0.3, 0.4) is 0 Å². The largest absolute Gasteiger partial charge is 0.550 e. The van der Waals surface area contributed by atoms with Gasteiger partial charge in [-0.3, -0.25) is 0 Å². The summed E-state index contributed by atoms with van der Waals surface area (Å²) in [5.74, 6) is -0.372. The average molecular weight is 969 g/mol. The minimum atomic E-state index is -1.92. The Bertz CT molecular complexity index is 2530. The van der Waals surface area contributed by atoms with Gasteiger partial charge in [0.15, 0.2) is 0 Å². The summed E-state index contributed by atoms with van der Waals surface area (Å²) in [6.07, 6.45) is 1.96. The molecule has 8 aromatic carbocycles. The van der Waals surface area contributed by atoms with E-state index in [2.05, 4.69) is 236 Å². The fraction of sp³-hybridized carbons (Fsp3) is 0.194. The average Bonchev–Trinajstić information content (AvgIpc) is 3.33. The fourth-order valence-corrected chi connectivity index (χ4v) is 17.6. The molecule has 0 saturated carbocycles. The number of ether oxygens (including phenoxy) is 2. The number of carbonyl (C=O) groups excluding carboxylic acids is 2. The van der Waals surface area contributed by atoms with Crippen LogP contribution >= 0.6 is 14.5 Å². The molecule has 0 atom stereocenters. The van der Waals surface area contributed by atoms with E-state index >= 15 is 0 Å². The summed E-state index contributed by atoms with van der Waals surface area (Å²) in [4.78, 5) is 17.8. The Labute approximate surface area is 417 Å². The maximum absolute atomic E-state index is 8.89. The van der Waals surface area contributed by atoms with E-state index in [-0.39, 0.29) is 0 Å². The van der Waals surface area contributed by atoms with Gasteiger partial charge >= 0.3 is 0 Å². The van der Waals surface area contributed by atoms with E-state index < -0.39 is 26.5 Å². The van der Waals surface area contributed by atoms with E-state index in [1.165, 1.54) is 76.3 Å². The van der Waals surface area contributed by atoms with Gasteiger partial charge in [-0.1, -0.05) is 97.1 Å². The molecule has 0 fully saturated rings. The van der Waals surface area contributed by atoms with Gasteiger partial charge in [0, 0.05) is 11.9 Å². The predicted octanol–water partition coefficient (Wildman–Crippen LogP) is 9.74. The number of aliphatic carboxylic acids is 2. The summed E-state index contributed by atoms with van der Waals surface area (Å²) >= 11 is 0. The Morgan fingerprint density at radius 2 is 0.543 bits per heavy atom. The van der Waals surface area contributed by atoms with Crippen molar-refractivity contribution in [3.8, 4) is 11.5 Å². The van der Waals surface area contributed by atoms with Crippen LogP contribution in [0.15, 0.2) is 194 Å². The van der Waals surface area contributed by atoms with Gasteiger partial charge in [0.05, 0.1) is 26.5 Å². The molecular formula is C62H66O6P2. The van der Waals surface area contributed by atoms with Crippen LogP contribution in [0.4, 0.5) is 0 Å². The SMILES string of the molecule is CC(=O)[O-].CC(=O)[O-].COc1ccc(C[P+](c2cccc(C)c2)(c2cccc(C)c2)c2cccc(C)c2)cc1.COc1ccc(C[P+](c2cccc(C)c2)(c2cccc(C)c2)c2cccc(C)c2)cc1. The fourth-order valence-electron chi connectivity index (χ4n) is 8.64. The van der Waals surface area contributed by atoms with Gasteiger partial charge in [0.25, 0.3) is 0 Å². The van der Waals surface area contributed by atoms with Crippen LogP contribution in [0.2, 0.25) is 0 Å². The van der Waals surface area contributed by atoms with Crippen LogP contribution in [0.25, 0.3) is 0 Å². The molecule has 8 rings (SSSR count). The number of rotatable bonds is 12. The monoisotopic (exact) mass is 968 g/mol. The van der Waals surface area contributed by atoms with Gasteiger partial charge in [0.2, 0.25) is 0 Å². The van der Waals surface area contributed by atoms with Crippen molar-refractivity contribution in [1.82, 2.24) is 0 Å². The predicted molar refractivity (Wildman–Crippen MR) is 293 cm³/mol. The summed E-state index contributed by atoms with van der Waals surface area (Å²) in [6.45, 7) is 15.1. The minimum absolute atomic E-state index is 0.898. The molecule has 0 aliphatic rings. The van der Waals surface area contributed by atoms with E-state index in [9.17, 15) is 0 Å². The highest BCUT2D eigenvalue weighted by Crippen LogP contribution is 2.59. The summed E-state index contributed by atoms with van der Waals surface area (Å²) in [6, 6.07) is 71.9. The molecule has 0 aliphatic carbocycles. The Hall–Kier alpha value is -6.84. The number of methoxy groups -OCH3 is 2. The second kappa shape index (κ2) is 25.7. The van der Waals surface area contributed by atoms with Crippen LogP contribution in [-0.2, 0) is 21.9 Å². The molecule has 0 aliphatic heterocycles. The van der Waals surface area contributed by atoms with Crippen LogP contribution in [0, 0.1) is 41.5 Å². The van der Waals surface area contributed by atoms with Crippen LogP contribution in [-0.4, -0.2) is 26.2 Å². The first kappa shape index (κ1) is 54.1. The third kappa shape index (κ3) is 14.6. The lowest BCUT2D eigenvalue weighted by Crippen LogP contribution is -2.33. The van der Waals surface area contributed by atoms with Crippen molar-refractivity contribution in [3.05, 3.63) is 239 Å². The van der Waals surface area contributed by atoms with Crippen LogP contribution in [0.5, 0.6) is 11.5 Å². The number of hydrogen-bond acceptors (Lipinski definition) is 6. The van der Waals surface area contributed by atoms with Crippen molar-refractivity contribution >= 4 is 58.3 Å². The van der Waals surface area contributed by atoms with Crippen LogP contribution < -0.4 is 51.5 Å². The van der Waals surface area contributed by atoms with Crippen molar-refractivity contribution < 1.29 is 29.3 Å². The summed E-state index contributed by atoms with van der Waals surface area (Å²) in [5.41, 5.74) is 10.5. The molecule has 0 amide bonds. The topological polar surface area (TPSA) is 98.7 Å². The molecule has 0 radical (unpaired) electrons. The van der Waals surface area contributed by atoms with Crippen molar-refractivity contribution in [1.29, 1.82) is 0 Å². The lowest BCUT2D eigenvalue weighted by atomic mass is 10.2. The second-order valence-electron chi connectivity index (χ2n) is 17.6. The minimum Gasteiger partial charge on any atom is -0.550 e. The molecule has 0 aromatic heterocycles. The highest BCUT2D eigenvalue weighted by molar-refractivity contribution is 7.95. The van der Waals surface area contributed by atoms with Crippen molar-refractivity contribution in [2.75, 3.05) is 14.2 Å². The number of hydrogen-bond donors (Lipinski definition) is 0. The maximum atomic E-state index is 8.89. The lowest BCUT2D eigenvalue weighted by molar-refractivity contribution is -0.303. The highest BCUT2D eigenvalue weighted by atomic mass is 31.2. The Morgan fingerprint density at radius 3 is 0.700 bits per heavy atom. The maximum Gasteiger partial charge on any atom is 0.118 e. The zero-order valence-electron chi connectivity index (χ0n) is 42.2. The third-order valence-electron chi connectivity index (χ3n) is 11.8. The zero-order valence-corrected chi connectivity index (χ0v) is 44.0. The van der Waals surface area contributed by atoms with Crippen LogP contribution in [0.1, 0.15) is 58.4 Å². The van der Waals surface area contributed by atoms with E-state index in [0.29, 0.717) is 0 Å². The van der Waals surface area contributed by atoms with Crippen molar-refractivity contribution in [2.24, 2.45) is 0 Å². The molecule has 360 valence electrons. The first-order chi connectivity index (χ1) is 33.5. The molecule has 6 nitrogen and oxygen atoms in total. The van der Waals surface area contributed by atoms with E-state index in [4.69, 9.17) is 29.3 Å². The first-order valence-corrected chi connectivity index (χ1v) is 27.2. The van der Waals surface area contributed by atoms with Gasteiger partial charge in [-0.25, -0.2) is 0 Å². The van der Waals surface area contributed by atoms with Gasteiger partial charge in [-0.15, -0.1) is 0 Å². The molecule has 8 aromatic rings. The molecule has 0 heterocycles. The summed E-state index contributed by atoms with van der Waals surface area (Å²) < 4.78 is 10.8. The lowest BCUT2D eigenvalue weighted by Gasteiger charge is -2.28. The smallest absolute Gasteiger partial charge is 0.118 e. The molecule has 0 N–H and O–H groups in total. The highest BCUT2D eigenvalue weighted by Gasteiger charge is 2.47. The molecule has 0 unspecified atom stereocenters. The quantitative estimate of drug-likeness (QED) is 0.113. The van der Waals surface area contributed by atoms with E-state index in [1.807, 2.05) is 0 Å². The molecule has 8 heteroatoms. The molecular weight excluding hydrogens is 903 g/mol. The van der Waals surface area contributed by atoms with E-state index in [1.54, 1.807) is 14.2 Å². The van der Waals surface area contributed by atoms with Crippen molar-refractivity contribution in [3.63, 3.8) is 0 Å². The molecule has 0 bridgehead atoms. The van der Waals surface area contributed by atoms with Gasteiger partial charge in [-0.05, 0) is 197 Å².